The van der Waals surface area contributed by atoms with Gasteiger partial charge in [-0.15, -0.1) is 0 Å². The molecule has 4 N–H and O–H groups in total. The Kier molecular flexibility index (Phi) is 4.36. The molecular formula is C10H23NO2. The molecule has 3 heteroatoms. The number of rotatable bonds is 5. The highest BCUT2D eigenvalue weighted by Gasteiger charge is 2.32. The predicted octanol–water partition coefficient (Wildman–Crippen LogP) is 0.741. The second-order valence-corrected chi connectivity index (χ2v) is 5.22. The fourth-order valence-corrected chi connectivity index (χ4v) is 1.87. The van der Waals surface area contributed by atoms with Crippen molar-refractivity contribution in [2.75, 3.05) is 13.2 Å². The molecule has 0 fully saturated rings. The van der Waals surface area contributed by atoms with Gasteiger partial charge in [-0.2, -0.15) is 0 Å². The first-order valence-corrected chi connectivity index (χ1v) is 4.73. The Balaban J connectivity index is 4.36. The van der Waals surface area contributed by atoms with E-state index >= 15 is 0 Å². The molecule has 0 amide bonds. The molecule has 0 aliphatic heterocycles. The van der Waals surface area contributed by atoms with Crippen molar-refractivity contribution in [2.45, 2.75) is 39.7 Å². The van der Waals surface area contributed by atoms with E-state index in [0.29, 0.717) is 0 Å². The summed E-state index contributed by atoms with van der Waals surface area (Å²) in [4.78, 5) is 0. The number of hydrogen-bond acceptors (Lipinski definition) is 3. The molecule has 0 radical (unpaired) electrons. The van der Waals surface area contributed by atoms with Crippen molar-refractivity contribution in [3.63, 3.8) is 0 Å². The summed E-state index contributed by atoms with van der Waals surface area (Å²) in [6.07, 6.45) is 0.784. The zero-order chi connectivity index (χ0) is 10.7. The minimum atomic E-state index is -0.258. The Morgan fingerprint density at radius 2 is 1.46 bits per heavy atom. The van der Waals surface area contributed by atoms with Gasteiger partial charge >= 0.3 is 0 Å². The van der Waals surface area contributed by atoms with Gasteiger partial charge in [-0.3, -0.25) is 0 Å². The average molecular weight is 189 g/mol. The molecule has 0 aromatic rings. The molecule has 0 heterocycles. The van der Waals surface area contributed by atoms with Crippen molar-refractivity contribution in [3.05, 3.63) is 0 Å². The van der Waals surface area contributed by atoms with Crippen molar-refractivity contribution in [3.8, 4) is 0 Å². The molecule has 0 aliphatic rings. The van der Waals surface area contributed by atoms with Crippen LogP contribution in [-0.4, -0.2) is 29.0 Å². The smallest absolute Gasteiger partial charge is 0.0486 e. The van der Waals surface area contributed by atoms with E-state index in [1.165, 1.54) is 0 Å². The Hall–Kier alpha value is -0.120. The molecule has 0 unspecified atom stereocenters. The third-order valence-electron chi connectivity index (χ3n) is 2.46. The molecule has 0 atom stereocenters. The predicted molar refractivity (Wildman–Crippen MR) is 54.3 cm³/mol. The summed E-state index contributed by atoms with van der Waals surface area (Å²) in [5, 5.41) is 18.1. The van der Waals surface area contributed by atoms with Crippen molar-refractivity contribution in [1.82, 2.24) is 0 Å². The summed E-state index contributed by atoms with van der Waals surface area (Å²) in [7, 11) is 0. The molecule has 0 spiro atoms. The summed E-state index contributed by atoms with van der Waals surface area (Å²) < 4.78 is 0. The van der Waals surface area contributed by atoms with Crippen LogP contribution in [0.5, 0.6) is 0 Å². The van der Waals surface area contributed by atoms with Crippen LogP contribution in [0.25, 0.3) is 0 Å². The molecule has 0 aromatic heterocycles. The quantitative estimate of drug-likeness (QED) is 0.597. The highest BCUT2D eigenvalue weighted by Crippen LogP contribution is 2.34. The molecule has 0 saturated heterocycles. The molecule has 0 bridgehead atoms. The average Bonchev–Trinajstić information content (AvgIpc) is 1.83. The minimum absolute atomic E-state index is 0.0135. The van der Waals surface area contributed by atoms with Crippen molar-refractivity contribution < 1.29 is 10.2 Å². The van der Waals surface area contributed by atoms with Crippen LogP contribution in [0.1, 0.15) is 34.1 Å². The van der Waals surface area contributed by atoms with Gasteiger partial charge in [0.1, 0.15) is 0 Å². The first-order valence-electron chi connectivity index (χ1n) is 4.73. The number of aliphatic hydroxyl groups is 2. The maximum absolute atomic E-state index is 9.06. The lowest BCUT2D eigenvalue weighted by molar-refractivity contribution is 0.0444. The van der Waals surface area contributed by atoms with Gasteiger partial charge in [0.2, 0.25) is 0 Å². The molecule has 0 aliphatic carbocycles. The van der Waals surface area contributed by atoms with E-state index in [2.05, 4.69) is 0 Å². The van der Waals surface area contributed by atoms with Crippen LogP contribution in [0.3, 0.4) is 0 Å². The minimum Gasteiger partial charge on any atom is -0.396 e. The molecule has 80 valence electrons. The highest BCUT2D eigenvalue weighted by molar-refractivity contribution is 4.86. The maximum atomic E-state index is 9.06. The first kappa shape index (κ1) is 12.9. The topological polar surface area (TPSA) is 66.5 Å². The van der Waals surface area contributed by atoms with Crippen molar-refractivity contribution in [2.24, 2.45) is 17.1 Å². The molecule has 3 nitrogen and oxygen atoms in total. The molecule has 0 saturated carbocycles. The highest BCUT2D eigenvalue weighted by atomic mass is 16.3. The Morgan fingerprint density at radius 3 is 1.69 bits per heavy atom. The Bertz CT molecular complexity index is 145. The normalized spacial score (nSPS) is 13.8. The summed E-state index contributed by atoms with van der Waals surface area (Å²) in [6.45, 7) is 8.00. The van der Waals surface area contributed by atoms with Gasteiger partial charge in [-0.05, 0) is 25.7 Å². The van der Waals surface area contributed by atoms with Gasteiger partial charge in [-0.1, -0.05) is 13.8 Å². The van der Waals surface area contributed by atoms with E-state index in [-0.39, 0.29) is 30.1 Å². The lowest BCUT2D eigenvalue weighted by Crippen LogP contribution is -2.42. The standard InChI is InChI=1S/C10H23NO2/c1-9(2,7-10(3,4)11)8(5-12)6-13/h8,12-13H,5-7,11H2,1-4H3. The van der Waals surface area contributed by atoms with E-state index in [4.69, 9.17) is 15.9 Å². The molecular weight excluding hydrogens is 166 g/mol. The zero-order valence-electron chi connectivity index (χ0n) is 9.17. The summed E-state index contributed by atoms with van der Waals surface area (Å²) in [5.74, 6) is -0.0877. The van der Waals surface area contributed by atoms with Crippen molar-refractivity contribution >= 4 is 0 Å². The van der Waals surface area contributed by atoms with Crippen LogP contribution in [0, 0.1) is 11.3 Å². The van der Waals surface area contributed by atoms with E-state index in [1.54, 1.807) is 0 Å². The van der Waals surface area contributed by atoms with Gasteiger partial charge in [-0.25, -0.2) is 0 Å². The molecule has 13 heavy (non-hydrogen) atoms. The molecule has 0 aromatic carbocycles. The van der Waals surface area contributed by atoms with Crippen LogP contribution in [0.4, 0.5) is 0 Å². The second-order valence-electron chi connectivity index (χ2n) is 5.22. The van der Waals surface area contributed by atoms with Crippen LogP contribution in [0.15, 0.2) is 0 Å². The van der Waals surface area contributed by atoms with Gasteiger partial charge in [0.15, 0.2) is 0 Å². The van der Waals surface area contributed by atoms with Crippen molar-refractivity contribution in [1.29, 1.82) is 0 Å². The lowest BCUT2D eigenvalue weighted by Gasteiger charge is -2.37. The van der Waals surface area contributed by atoms with Gasteiger partial charge in [0.05, 0.1) is 0 Å². The van der Waals surface area contributed by atoms with Gasteiger partial charge < -0.3 is 15.9 Å². The van der Waals surface area contributed by atoms with Crippen LogP contribution in [0.2, 0.25) is 0 Å². The zero-order valence-corrected chi connectivity index (χ0v) is 9.17. The SMILES string of the molecule is CC(C)(N)CC(C)(C)C(CO)CO. The monoisotopic (exact) mass is 189 g/mol. The Morgan fingerprint density at radius 1 is 1.08 bits per heavy atom. The van der Waals surface area contributed by atoms with Crippen LogP contribution in [-0.2, 0) is 0 Å². The van der Waals surface area contributed by atoms with Gasteiger partial charge in [0.25, 0.3) is 0 Å². The van der Waals surface area contributed by atoms with E-state index in [1.807, 2.05) is 27.7 Å². The van der Waals surface area contributed by atoms with Gasteiger partial charge in [0, 0.05) is 24.7 Å². The first-order chi connectivity index (χ1) is 5.73. The number of hydrogen-bond donors (Lipinski definition) is 3. The maximum Gasteiger partial charge on any atom is 0.0486 e. The summed E-state index contributed by atoms with van der Waals surface area (Å²) >= 11 is 0. The third-order valence-corrected chi connectivity index (χ3v) is 2.46. The van der Waals surface area contributed by atoms with E-state index < -0.39 is 0 Å². The summed E-state index contributed by atoms with van der Waals surface area (Å²) in [5.41, 5.74) is 5.52. The third kappa shape index (κ3) is 4.60. The van der Waals surface area contributed by atoms with Crippen LogP contribution < -0.4 is 5.73 Å². The number of aliphatic hydroxyl groups excluding tert-OH is 2. The largest absolute Gasteiger partial charge is 0.396 e. The van der Waals surface area contributed by atoms with E-state index in [0.717, 1.165) is 6.42 Å². The van der Waals surface area contributed by atoms with Crippen LogP contribution >= 0.6 is 0 Å². The fraction of sp³-hybridized carbons (Fsp3) is 1.00. The van der Waals surface area contributed by atoms with E-state index in [9.17, 15) is 0 Å². The Labute approximate surface area is 81.0 Å². The lowest BCUT2D eigenvalue weighted by atomic mass is 9.72. The summed E-state index contributed by atoms with van der Waals surface area (Å²) in [6, 6.07) is 0. The second kappa shape index (κ2) is 4.40. The molecule has 0 rings (SSSR count). The number of nitrogens with two attached hydrogens (primary N) is 1. The fourth-order valence-electron chi connectivity index (χ4n) is 1.87.